The van der Waals surface area contributed by atoms with E-state index < -0.39 is 0 Å². The lowest BCUT2D eigenvalue weighted by molar-refractivity contribution is 0.243. The Bertz CT molecular complexity index is 1010. The van der Waals surface area contributed by atoms with Crippen molar-refractivity contribution in [1.82, 2.24) is 30.4 Å². The number of aromatic nitrogens is 2. The molecule has 7 nitrogen and oxygen atoms in total. The van der Waals surface area contributed by atoms with Crippen molar-refractivity contribution in [1.29, 1.82) is 0 Å². The number of fused-ring (bicyclic) bond motifs is 2. The van der Waals surface area contributed by atoms with Crippen LogP contribution in [0.2, 0.25) is 0 Å². The van der Waals surface area contributed by atoms with Crippen LogP contribution in [0, 0.1) is 0 Å². The van der Waals surface area contributed by atoms with Gasteiger partial charge in [-0.1, -0.05) is 30.3 Å². The topological polar surface area (TPSA) is 71.6 Å². The van der Waals surface area contributed by atoms with Crippen LogP contribution in [-0.4, -0.2) is 84.4 Å². The Hall–Kier alpha value is -2.58. The minimum atomic E-state index is 0.852. The molecule has 0 radical (unpaired) electrons. The molecule has 168 valence electrons. The number of rotatable bonds is 4. The molecule has 3 aromatic rings. The molecule has 2 aromatic carbocycles. The molecule has 0 aliphatic carbocycles. The zero-order valence-corrected chi connectivity index (χ0v) is 18.7. The van der Waals surface area contributed by atoms with Crippen LogP contribution in [0.1, 0.15) is 11.4 Å². The summed E-state index contributed by atoms with van der Waals surface area (Å²) in [4.78, 5) is 18.1. The summed E-state index contributed by atoms with van der Waals surface area (Å²) in [5, 5.41) is 7.29. The van der Waals surface area contributed by atoms with Gasteiger partial charge < -0.3 is 15.6 Å². The molecule has 3 heterocycles. The SMILES string of the molecule is c1ccc2c(c1)CC(CN1CCNCCN(Cc3nc4ccccc4[nH]3)CCNCC1)=N2. The van der Waals surface area contributed by atoms with Crippen molar-refractivity contribution in [3.63, 3.8) is 0 Å². The first-order valence-corrected chi connectivity index (χ1v) is 11.8. The summed E-state index contributed by atoms with van der Waals surface area (Å²) in [6, 6.07) is 16.8. The van der Waals surface area contributed by atoms with Crippen LogP contribution >= 0.6 is 0 Å². The molecule has 2 aliphatic heterocycles. The minimum Gasteiger partial charge on any atom is -0.341 e. The second-order valence-electron chi connectivity index (χ2n) is 8.74. The Kier molecular flexibility index (Phi) is 6.89. The lowest BCUT2D eigenvalue weighted by Gasteiger charge is -2.26. The van der Waals surface area contributed by atoms with E-state index in [-0.39, 0.29) is 0 Å². The van der Waals surface area contributed by atoms with Crippen molar-refractivity contribution in [2.24, 2.45) is 4.99 Å². The van der Waals surface area contributed by atoms with Gasteiger partial charge in [0.15, 0.2) is 0 Å². The fourth-order valence-corrected chi connectivity index (χ4v) is 4.58. The number of imidazole rings is 1. The molecule has 0 amide bonds. The molecular formula is C25H33N7. The fourth-order valence-electron chi connectivity index (χ4n) is 4.58. The highest BCUT2D eigenvalue weighted by Gasteiger charge is 2.17. The molecule has 1 aromatic heterocycles. The lowest BCUT2D eigenvalue weighted by Crippen LogP contribution is -2.44. The number of H-pyrrole nitrogens is 1. The first-order valence-electron chi connectivity index (χ1n) is 11.8. The molecule has 0 atom stereocenters. The van der Waals surface area contributed by atoms with Gasteiger partial charge in [-0.25, -0.2) is 4.98 Å². The molecule has 0 unspecified atom stereocenters. The Balaban J connectivity index is 1.12. The maximum atomic E-state index is 4.86. The Labute approximate surface area is 189 Å². The maximum Gasteiger partial charge on any atom is 0.121 e. The van der Waals surface area contributed by atoms with E-state index in [0.717, 1.165) is 94.4 Å². The summed E-state index contributed by atoms with van der Waals surface area (Å²) in [7, 11) is 0. The highest BCUT2D eigenvalue weighted by Crippen LogP contribution is 2.26. The number of benzene rings is 2. The van der Waals surface area contributed by atoms with E-state index in [1.807, 2.05) is 6.07 Å². The predicted octanol–water partition coefficient (Wildman–Crippen LogP) is 2.19. The number of aromatic amines is 1. The fraction of sp³-hybridized carbons (Fsp3) is 0.440. The van der Waals surface area contributed by atoms with Gasteiger partial charge in [-0.2, -0.15) is 0 Å². The number of nitrogens with one attached hydrogen (secondary N) is 3. The van der Waals surface area contributed by atoms with Gasteiger partial charge in [0.25, 0.3) is 0 Å². The summed E-state index contributed by atoms with van der Waals surface area (Å²) in [6.07, 6.45) is 0.990. The monoisotopic (exact) mass is 431 g/mol. The van der Waals surface area contributed by atoms with E-state index >= 15 is 0 Å². The second kappa shape index (κ2) is 10.4. The molecule has 2 aliphatic rings. The first-order chi connectivity index (χ1) is 15.8. The van der Waals surface area contributed by atoms with Crippen LogP contribution in [0.3, 0.4) is 0 Å². The van der Waals surface area contributed by atoms with Crippen molar-refractivity contribution < 1.29 is 0 Å². The van der Waals surface area contributed by atoms with E-state index in [0.29, 0.717) is 0 Å². The maximum absolute atomic E-state index is 4.86. The van der Waals surface area contributed by atoms with Crippen molar-refractivity contribution in [2.45, 2.75) is 13.0 Å². The standard InChI is InChI=1S/C25H33N7/c1-2-6-22-20(5-1)17-21(28-22)18-31-13-9-26-11-15-32(16-12-27-10-14-31)19-25-29-23-7-3-4-8-24(23)30-25/h1-8,26-27H,9-19H2,(H,29,30). The third-order valence-electron chi connectivity index (χ3n) is 6.30. The van der Waals surface area contributed by atoms with Crippen LogP contribution in [0.15, 0.2) is 53.5 Å². The molecule has 3 N–H and O–H groups in total. The van der Waals surface area contributed by atoms with Crippen LogP contribution in [0.4, 0.5) is 5.69 Å². The van der Waals surface area contributed by atoms with Gasteiger partial charge in [0.1, 0.15) is 5.82 Å². The highest BCUT2D eigenvalue weighted by atomic mass is 15.2. The van der Waals surface area contributed by atoms with Gasteiger partial charge in [0.05, 0.1) is 23.3 Å². The second-order valence-corrected chi connectivity index (χ2v) is 8.74. The van der Waals surface area contributed by atoms with E-state index in [4.69, 9.17) is 9.98 Å². The third kappa shape index (κ3) is 5.42. The molecule has 1 fully saturated rings. The van der Waals surface area contributed by atoms with E-state index in [2.05, 4.69) is 67.9 Å². The summed E-state index contributed by atoms with van der Waals surface area (Å²) >= 11 is 0. The molecule has 1 saturated heterocycles. The first kappa shape index (κ1) is 21.3. The van der Waals surface area contributed by atoms with Gasteiger partial charge >= 0.3 is 0 Å². The van der Waals surface area contributed by atoms with E-state index in [1.54, 1.807) is 0 Å². The van der Waals surface area contributed by atoms with Gasteiger partial charge in [-0.15, -0.1) is 0 Å². The number of aliphatic imine (C=N–C) groups is 1. The Morgan fingerprint density at radius 3 is 2.12 bits per heavy atom. The van der Waals surface area contributed by atoms with Crippen molar-refractivity contribution >= 4 is 22.4 Å². The minimum absolute atomic E-state index is 0.852. The predicted molar refractivity (Wildman–Crippen MR) is 131 cm³/mol. The van der Waals surface area contributed by atoms with E-state index in [9.17, 15) is 0 Å². The quantitative estimate of drug-likeness (QED) is 0.591. The van der Waals surface area contributed by atoms with Crippen LogP contribution in [0.5, 0.6) is 0 Å². The molecule has 7 heteroatoms. The molecule has 0 bridgehead atoms. The largest absolute Gasteiger partial charge is 0.341 e. The summed E-state index contributed by atoms with van der Waals surface area (Å²) in [5.74, 6) is 1.04. The number of para-hydroxylation sites is 3. The highest BCUT2D eigenvalue weighted by molar-refractivity contribution is 5.95. The van der Waals surface area contributed by atoms with Crippen molar-refractivity contribution in [3.05, 3.63) is 59.9 Å². The summed E-state index contributed by atoms with van der Waals surface area (Å²) in [5.41, 5.74) is 5.96. The molecular weight excluding hydrogens is 398 g/mol. The zero-order valence-electron chi connectivity index (χ0n) is 18.7. The molecule has 0 saturated carbocycles. The number of nitrogens with zero attached hydrogens (tertiary/aromatic N) is 4. The average molecular weight is 432 g/mol. The normalized spacial score (nSPS) is 19.3. The van der Waals surface area contributed by atoms with Crippen LogP contribution < -0.4 is 10.6 Å². The van der Waals surface area contributed by atoms with Gasteiger partial charge in [-0.3, -0.25) is 14.8 Å². The molecule has 0 spiro atoms. The van der Waals surface area contributed by atoms with Crippen LogP contribution in [-0.2, 0) is 13.0 Å². The molecule has 5 rings (SSSR count). The number of hydrogen-bond acceptors (Lipinski definition) is 6. The Morgan fingerprint density at radius 2 is 1.41 bits per heavy atom. The smallest absolute Gasteiger partial charge is 0.121 e. The van der Waals surface area contributed by atoms with E-state index in [1.165, 1.54) is 11.3 Å². The zero-order chi connectivity index (χ0) is 21.6. The average Bonchev–Trinajstić information content (AvgIpc) is 3.39. The van der Waals surface area contributed by atoms with Crippen molar-refractivity contribution in [3.8, 4) is 0 Å². The lowest BCUT2D eigenvalue weighted by atomic mass is 10.1. The Morgan fingerprint density at radius 1 is 0.750 bits per heavy atom. The van der Waals surface area contributed by atoms with Gasteiger partial charge in [-0.05, 0) is 23.8 Å². The third-order valence-corrected chi connectivity index (χ3v) is 6.30. The van der Waals surface area contributed by atoms with Crippen molar-refractivity contribution in [2.75, 3.05) is 58.9 Å². The number of hydrogen-bond donors (Lipinski definition) is 3. The van der Waals surface area contributed by atoms with Gasteiger partial charge in [0, 0.05) is 71.0 Å². The van der Waals surface area contributed by atoms with Gasteiger partial charge in [0.2, 0.25) is 0 Å². The van der Waals surface area contributed by atoms with Crippen LogP contribution in [0.25, 0.3) is 11.0 Å². The molecule has 32 heavy (non-hydrogen) atoms. The summed E-state index contributed by atoms with van der Waals surface area (Å²) in [6.45, 7) is 9.89. The summed E-state index contributed by atoms with van der Waals surface area (Å²) < 4.78 is 0.